The van der Waals surface area contributed by atoms with Crippen LogP contribution >= 0.6 is 0 Å². The van der Waals surface area contributed by atoms with Crippen LogP contribution in [0.5, 0.6) is 0 Å². The topological polar surface area (TPSA) is 111 Å². The number of amides is 3. The van der Waals surface area contributed by atoms with E-state index in [-0.39, 0.29) is 24.9 Å². The SMILES string of the molecule is CC(C)CN(C[C@@H](O)[C@H](Cc1ccccc1)NC(=O)[C@@H](NC(=O)CN(C)Cc1ccccc1)C(C)(C)C)C(=O)OC(C)(C)C. The monoisotopic (exact) mass is 610 g/mol. The lowest BCUT2D eigenvalue weighted by molar-refractivity contribution is -0.133. The Morgan fingerprint density at radius 2 is 1.39 bits per heavy atom. The second-order valence-electron chi connectivity index (χ2n) is 14.2. The van der Waals surface area contributed by atoms with E-state index in [1.54, 1.807) is 20.8 Å². The molecule has 0 spiro atoms. The van der Waals surface area contributed by atoms with E-state index < -0.39 is 41.2 Å². The number of aliphatic hydroxyl groups excluding tert-OH is 1. The van der Waals surface area contributed by atoms with Gasteiger partial charge in [0.2, 0.25) is 11.8 Å². The van der Waals surface area contributed by atoms with Gasteiger partial charge in [0.25, 0.3) is 0 Å². The molecule has 0 fully saturated rings. The van der Waals surface area contributed by atoms with E-state index in [2.05, 4.69) is 10.6 Å². The lowest BCUT2D eigenvalue weighted by Crippen LogP contribution is -2.59. The molecule has 3 N–H and O–H groups in total. The molecule has 0 aliphatic rings. The molecule has 0 unspecified atom stereocenters. The minimum Gasteiger partial charge on any atom is -0.444 e. The Labute approximate surface area is 264 Å². The highest BCUT2D eigenvalue weighted by Crippen LogP contribution is 2.21. The smallest absolute Gasteiger partial charge is 0.410 e. The number of ether oxygens (including phenoxy) is 1. The van der Waals surface area contributed by atoms with E-state index in [9.17, 15) is 19.5 Å². The maximum Gasteiger partial charge on any atom is 0.410 e. The summed E-state index contributed by atoms with van der Waals surface area (Å²) >= 11 is 0. The molecule has 0 aliphatic carbocycles. The first kappa shape index (κ1) is 36.8. The lowest BCUT2D eigenvalue weighted by Gasteiger charge is -2.35. The second kappa shape index (κ2) is 16.6. The Hall–Kier alpha value is -3.43. The molecule has 2 rings (SSSR count). The zero-order chi connectivity index (χ0) is 33.1. The van der Waals surface area contributed by atoms with Gasteiger partial charge in [-0.05, 0) is 56.7 Å². The van der Waals surface area contributed by atoms with Crippen LogP contribution in [0, 0.1) is 11.3 Å². The number of hydrogen-bond acceptors (Lipinski definition) is 6. The quantitative estimate of drug-likeness (QED) is 0.288. The molecule has 0 saturated carbocycles. The van der Waals surface area contributed by atoms with Gasteiger partial charge in [0.15, 0.2) is 0 Å². The molecule has 0 aromatic heterocycles. The zero-order valence-electron chi connectivity index (χ0n) is 28.1. The Kier molecular flexibility index (Phi) is 13.9. The molecule has 0 saturated heterocycles. The van der Waals surface area contributed by atoms with Crippen molar-refractivity contribution < 1.29 is 24.2 Å². The molecule has 2 aromatic rings. The van der Waals surface area contributed by atoms with Gasteiger partial charge in [-0.15, -0.1) is 0 Å². The number of hydrogen-bond donors (Lipinski definition) is 3. The Bertz CT molecular complexity index is 1180. The van der Waals surface area contributed by atoms with Gasteiger partial charge in [-0.2, -0.15) is 0 Å². The number of nitrogens with one attached hydrogen (secondary N) is 2. The molecule has 2 aromatic carbocycles. The highest BCUT2D eigenvalue weighted by atomic mass is 16.6. The van der Waals surface area contributed by atoms with Gasteiger partial charge in [0, 0.05) is 13.1 Å². The molecule has 0 radical (unpaired) electrons. The average Bonchev–Trinajstić information content (AvgIpc) is 2.90. The molecule has 44 heavy (non-hydrogen) atoms. The van der Waals surface area contributed by atoms with Crippen LogP contribution < -0.4 is 10.6 Å². The average molecular weight is 611 g/mol. The molecule has 0 aliphatic heterocycles. The number of aliphatic hydroxyl groups is 1. The van der Waals surface area contributed by atoms with E-state index >= 15 is 0 Å². The van der Waals surface area contributed by atoms with Gasteiger partial charge in [-0.1, -0.05) is 95.3 Å². The third-order valence-electron chi connectivity index (χ3n) is 6.88. The van der Waals surface area contributed by atoms with Gasteiger partial charge < -0.3 is 25.4 Å². The normalized spacial score (nSPS) is 14.1. The summed E-state index contributed by atoms with van der Waals surface area (Å²) in [5, 5.41) is 17.5. The zero-order valence-corrected chi connectivity index (χ0v) is 28.1. The third-order valence-corrected chi connectivity index (χ3v) is 6.88. The summed E-state index contributed by atoms with van der Waals surface area (Å²) in [6.45, 7) is 16.1. The fourth-order valence-electron chi connectivity index (χ4n) is 4.84. The van der Waals surface area contributed by atoms with Crippen molar-refractivity contribution in [2.45, 2.75) is 92.1 Å². The van der Waals surface area contributed by atoms with Crippen molar-refractivity contribution in [3.63, 3.8) is 0 Å². The van der Waals surface area contributed by atoms with E-state index in [1.165, 1.54) is 4.90 Å². The minimum absolute atomic E-state index is 0.0261. The Balaban J connectivity index is 2.23. The lowest BCUT2D eigenvalue weighted by atomic mass is 9.85. The molecule has 244 valence electrons. The van der Waals surface area contributed by atoms with Crippen LogP contribution in [0.1, 0.15) is 66.5 Å². The van der Waals surface area contributed by atoms with E-state index in [0.29, 0.717) is 19.5 Å². The van der Waals surface area contributed by atoms with Gasteiger partial charge in [0.05, 0.1) is 25.2 Å². The van der Waals surface area contributed by atoms with Crippen molar-refractivity contribution in [3.05, 3.63) is 71.8 Å². The molecule has 3 amide bonds. The minimum atomic E-state index is -1.10. The van der Waals surface area contributed by atoms with E-state index in [1.807, 2.05) is 107 Å². The summed E-state index contributed by atoms with van der Waals surface area (Å²) in [6.07, 6.45) is -1.28. The van der Waals surface area contributed by atoms with Crippen LogP contribution in [0.3, 0.4) is 0 Å². The maximum absolute atomic E-state index is 13.8. The highest BCUT2D eigenvalue weighted by Gasteiger charge is 2.36. The number of benzene rings is 2. The maximum atomic E-state index is 13.8. The summed E-state index contributed by atoms with van der Waals surface area (Å²) < 4.78 is 5.61. The van der Waals surface area contributed by atoms with Crippen molar-refractivity contribution in [2.75, 3.05) is 26.7 Å². The third kappa shape index (κ3) is 13.5. The molecule has 9 heteroatoms. The Morgan fingerprint density at radius 1 is 0.841 bits per heavy atom. The molecular formula is C35H54N4O5. The van der Waals surface area contributed by atoms with Gasteiger partial charge >= 0.3 is 6.09 Å². The summed E-state index contributed by atoms with van der Waals surface area (Å²) in [6, 6.07) is 17.8. The first-order valence-corrected chi connectivity index (χ1v) is 15.5. The van der Waals surface area contributed by atoms with Gasteiger partial charge in [0.1, 0.15) is 11.6 Å². The predicted molar refractivity (Wildman–Crippen MR) is 175 cm³/mol. The summed E-state index contributed by atoms with van der Waals surface area (Å²) in [4.78, 5) is 43.4. The van der Waals surface area contributed by atoms with E-state index in [0.717, 1.165) is 11.1 Å². The van der Waals surface area contributed by atoms with Crippen molar-refractivity contribution in [1.82, 2.24) is 20.4 Å². The highest BCUT2D eigenvalue weighted by molar-refractivity contribution is 5.89. The van der Waals surface area contributed by atoms with Crippen LogP contribution in [0.25, 0.3) is 0 Å². The molecular weight excluding hydrogens is 556 g/mol. The number of carbonyl (C=O) groups is 3. The van der Waals surface area contributed by atoms with Crippen LogP contribution in [0.15, 0.2) is 60.7 Å². The van der Waals surface area contributed by atoms with Crippen LogP contribution in [-0.2, 0) is 27.3 Å². The second-order valence-corrected chi connectivity index (χ2v) is 14.2. The molecule has 9 nitrogen and oxygen atoms in total. The molecule has 3 atom stereocenters. The summed E-state index contributed by atoms with van der Waals surface area (Å²) in [5.41, 5.74) is 0.703. The van der Waals surface area contributed by atoms with Crippen LogP contribution in [-0.4, -0.2) is 83.3 Å². The Morgan fingerprint density at radius 3 is 1.89 bits per heavy atom. The van der Waals surface area contributed by atoms with Crippen molar-refractivity contribution in [2.24, 2.45) is 11.3 Å². The summed E-state index contributed by atoms with van der Waals surface area (Å²) in [5.74, 6) is -0.534. The number of carbonyl (C=O) groups excluding carboxylic acids is 3. The van der Waals surface area contributed by atoms with Crippen molar-refractivity contribution in [1.29, 1.82) is 0 Å². The molecule has 0 bridgehead atoms. The first-order chi connectivity index (χ1) is 20.4. The largest absolute Gasteiger partial charge is 0.444 e. The number of likely N-dealkylation sites (N-methyl/N-ethyl adjacent to an activating group) is 1. The predicted octanol–water partition coefficient (Wildman–Crippen LogP) is 4.63. The van der Waals surface area contributed by atoms with Crippen LogP contribution in [0.4, 0.5) is 4.79 Å². The fourth-order valence-corrected chi connectivity index (χ4v) is 4.84. The van der Waals surface area contributed by atoms with Crippen molar-refractivity contribution in [3.8, 4) is 0 Å². The number of nitrogens with zero attached hydrogens (tertiary/aromatic N) is 2. The molecule has 0 heterocycles. The number of rotatable bonds is 14. The van der Waals surface area contributed by atoms with E-state index in [4.69, 9.17) is 4.74 Å². The van der Waals surface area contributed by atoms with Gasteiger partial charge in [-0.25, -0.2) is 4.79 Å². The van der Waals surface area contributed by atoms with Crippen LogP contribution in [0.2, 0.25) is 0 Å². The standard InChI is InChI=1S/C35H54N4O5/c1-25(2)21-39(33(43)44-35(6,7)8)23-29(40)28(20-26-16-12-10-13-17-26)36-32(42)31(34(3,4)5)37-30(41)24-38(9)22-27-18-14-11-15-19-27/h10-19,25,28-29,31,40H,20-24H2,1-9H3,(H,36,42)(H,37,41)/t28-,29+,31+/m0/s1. The summed E-state index contributed by atoms with van der Waals surface area (Å²) in [7, 11) is 1.86. The van der Waals surface area contributed by atoms with Gasteiger partial charge in [-0.3, -0.25) is 14.5 Å². The first-order valence-electron chi connectivity index (χ1n) is 15.5. The fraction of sp³-hybridized carbons (Fsp3) is 0.571. The van der Waals surface area contributed by atoms with Crippen molar-refractivity contribution >= 4 is 17.9 Å².